The molecule has 0 saturated heterocycles. The van der Waals surface area contributed by atoms with Gasteiger partial charge in [0.1, 0.15) is 5.75 Å². The topological polar surface area (TPSA) is 20.2 Å². The summed E-state index contributed by atoms with van der Waals surface area (Å²) < 4.78 is 10.3. The Hall–Kier alpha value is -0.470. The van der Waals surface area contributed by atoms with Crippen LogP contribution in [0.1, 0.15) is 5.56 Å². The second-order valence-electron chi connectivity index (χ2n) is 2.04. The first-order valence-electron chi connectivity index (χ1n) is 2.86. The van der Waals surface area contributed by atoms with E-state index in [1.54, 1.807) is 0 Å². The van der Waals surface area contributed by atoms with Gasteiger partial charge in [-0.15, -0.1) is 0 Å². The molecule has 1 aromatic carbocycles. The van der Waals surface area contributed by atoms with E-state index in [-0.39, 0.29) is 11.3 Å². The van der Waals surface area contributed by atoms with Crippen LogP contribution in [0.2, 0.25) is 0 Å². The molecule has 0 amide bonds. The van der Waals surface area contributed by atoms with E-state index in [9.17, 15) is 4.39 Å². The third-order valence-electron chi connectivity index (χ3n) is 1.19. The number of hydrogen-bond acceptors (Lipinski definition) is 1. The number of phenols is 1. The molecule has 0 unspecified atom stereocenters. The Bertz CT molecular complexity index is 240. The number of hydrogen-bond donors (Lipinski definition) is 1. The normalized spacial score (nSPS) is 11.5. The van der Waals surface area contributed by atoms with E-state index in [1.165, 1.54) is 24.3 Å². The minimum atomic E-state index is -2.38. The summed E-state index contributed by atoms with van der Waals surface area (Å²) in [6, 6.07) is 5.26. The van der Waals surface area contributed by atoms with Crippen LogP contribution in [-0.2, 0) is 4.59 Å². The van der Waals surface area contributed by atoms with E-state index in [4.69, 9.17) is 28.3 Å². The fourth-order valence-electron chi connectivity index (χ4n) is 0.650. The summed E-state index contributed by atoms with van der Waals surface area (Å²) in [5, 5.41) is 8.81. The Labute approximate surface area is 73.4 Å². The monoisotopic (exact) mass is 194 g/mol. The van der Waals surface area contributed by atoms with Crippen molar-refractivity contribution in [1.29, 1.82) is 0 Å². The van der Waals surface area contributed by atoms with Crippen molar-refractivity contribution < 1.29 is 9.50 Å². The Morgan fingerprint density at radius 2 is 1.64 bits per heavy atom. The van der Waals surface area contributed by atoms with Gasteiger partial charge in [0.15, 0.2) is 0 Å². The molecule has 0 aromatic heterocycles. The van der Waals surface area contributed by atoms with Crippen molar-refractivity contribution in [2.24, 2.45) is 0 Å². The van der Waals surface area contributed by atoms with Crippen LogP contribution in [0.15, 0.2) is 24.3 Å². The third-order valence-corrected chi connectivity index (χ3v) is 1.63. The molecule has 11 heavy (non-hydrogen) atoms. The highest BCUT2D eigenvalue weighted by molar-refractivity contribution is 6.46. The molecule has 0 aliphatic heterocycles. The summed E-state index contributed by atoms with van der Waals surface area (Å²) in [5.41, 5.74) is 0.110. The van der Waals surface area contributed by atoms with Gasteiger partial charge >= 0.3 is 0 Å². The van der Waals surface area contributed by atoms with Crippen LogP contribution >= 0.6 is 23.2 Å². The minimum Gasteiger partial charge on any atom is -0.508 e. The maximum atomic E-state index is 12.7. The molecule has 0 aliphatic carbocycles. The standard InChI is InChI=1S/C7H5Cl2FO/c8-7(9,10)5-1-3-6(11)4-2-5/h1-4,11H. The van der Waals surface area contributed by atoms with E-state index >= 15 is 0 Å². The Morgan fingerprint density at radius 1 is 1.18 bits per heavy atom. The molecule has 0 atom stereocenters. The Morgan fingerprint density at radius 3 is 2.00 bits per heavy atom. The van der Waals surface area contributed by atoms with Crippen LogP contribution in [-0.4, -0.2) is 5.11 Å². The predicted molar refractivity (Wildman–Crippen MR) is 42.6 cm³/mol. The smallest absolute Gasteiger partial charge is 0.283 e. The minimum absolute atomic E-state index is 0.0475. The quantitative estimate of drug-likeness (QED) is 0.683. The number of benzene rings is 1. The van der Waals surface area contributed by atoms with Gasteiger partial charge in [0.05, 0.1) is 0 Å². The van der Waals surface area contributed by atoms with Crippen LogP contribution < -0.4 is 0 Å². The molecule has 4 heteroatoms. The molecule has 1 N–H and O–H groups in total. The molecule has 0 fully saturated rings. The van der Waals surface area contributed by atoms with Gasteiger partial charge in [0.2, 0.25) is 0 Å². The fraction of sp³-hybridized carbons (Fsp3) is 0.143. The molecule has 0 bridgehead atoms. The van der Waals surface area contributed by atoms with Crippen molar-refractivity contribution in [2.45, 2.75) is 4.59 Å². The zero-order valence-electron chi connectivity index (χ0n) is 5.39. The number of aromatic hydroxyl groups is 1. The molecule has 1 rings (SSSR count). The number of halogens is 3. The van der Waals surface area contributed by atoms with Crippen molar-refractivity contribution in [3.05, 3.63) is 29.8 Å². The molecule has 60 valence electrons. The first-order chi connectivity index (χ1) is 5.00. The maximum Gasteiger partial charge on any atom is 0.283 e. The highest BCUT2D eigenvalue weighted by atomic mass is 35.5. The van der Waals surface area contributed by atoms with E-state index in [1.807, 2.05) is 0 Å². The van der Waals surface area contributed by atoms with Crippen molar-refractivity contribution in [1.82, 2.24) is 0 Å². The van der Waals surface area contributed by atoms with Gasteiger partial charge < -0.3 is 5.11 Å². The average molecular weight is 195 g/mol. The van der Waals surface area contributed by atoms with Gasteiger partial charge in [0.25, 0.3) is 4.59 Å². The van der Waals surface area contributed by atoms with E-state index < -0.39 is 4.59 Å². The molecule has 0 radical (unpaired) electrons. The Balaban J connectivity index is 2.99. The van der Waals surface area contributed by atoms with E-state index in [2.05, 4.69) is 0 Å². The maximum absolute atomic E-state index is 12.7. The highest BCUT2D eigenvalue weighted by Gasteiger charge is 2.24. The molecule has 0 spiro atoms. The first-order valence-corrected chi connectivity index (χ1v) is 3.62. The van der Waals surface area contributed by atoms with Crippen molar-refractivity contribution in [2.75, 3.05) is 0 Å². The van der Waals surface area contributed by atoms with Crippen LogP contribution in [0.3, 0.4) is 0 Å². The highest BCUT2D eigenvalue weighted by Crippen LogP contribution is 2.35. The lowest BCUT2D eigenvalue weighted by Crippen LogP contribution is -2.00. The van der Waals surface area contributed by atoms with E-state index in [0.717, 1.165) is 0 Å². The summed E-state index contributed by atoms with van der Waals surface area (Å²) in [4.78, 5) is 0. The molecule has 0 heterocycles. The molecular formula is C7H5Cl2FO. The van der Waals surface area contributed by atoms with Crippen molar-refractivity contribution in [3.63, 3.8) is 0 Å². The second kappa shape index (κ2) is 2.88. The van der Waals surface area contributed by atoms with Crippen molar-refractivity contribution >= 4 is 23.2 Å². The van der Waals surface area contributed by atoms with Gasteiger partial charge in [-0.05, 0) is 24.3 Å². The molecule has 1 nitrogen and oxygen atoms in total. The summed E-state index contributed by atoms with van der Waals surface area (Å²) in [5.74, 6) is 0.0475. The van der Waals surface area contributed by atoms with Gasteiger partial charge in [-0.2, -0.15) is 0 Å². The van der Waals surface area contributed by atoms with Gasteiger partial charge in [0, 0.05) is 5.56 Å². The first kappa shape index (κ1) is 8.62. The van der Waals surface area contributed by atoms with Crippen LogP contribution in [0.25, 0.3) is 0 Å². The predicted octanol–water partition coefficient (Wildman–Crippen LogP) is 2.95. The Kier molecular flexibility index (Phi) is 2.25. The van der Waals surface area contributed by atoms with Crippen molar-refractivity contribution in [3.8, 4) is 5.75 Å². The van der Waals surface area contributed by atoms with Crippen LogP contribution in [0.5, 0.6) is 5.75 Å². The zero-order valence-corrected chi connectivity index (χ0v) is 6.90. The zero-order chi connectivity index (χ0) is 8.48. The lowest BCUT2D eigenvalue weighted by Gasteiger charge is -2.08. The number of phenolic OH excluding ortho intramolecular Hbond substituents is 1. The van der Waals surface area contributed by atoms with Gasteiger partial charge in [-0.25, -0.2) is 4.39 Å². The fourth-order valence-corrected chi connectivity index (χ4v) is 0.902. The number of alkyl halides is 3. The average Bonchev–Trinajstić information content (AvgIpc) is 1.86. The summed E-state index contributed by atoms with van der Waals surface area (Å²) in [6.45, 7) is 0. The summed E-state index contributed by atoms with van der Waals surface area (Å²) >= 11 is 10.3. The largest absolute Gasteiger partial charge is 0.508 e. The lowest BCUT2D eigenvalue weighted by molar-refractivity contribution is 0.404. The second-order valence-corrected chi connectivity index (χ2v) is 3.28. The van der Waals surface area contributed by atoms with Gasteiger partial charge in [-0.1, -0.05) is 23.2 Å². The molecule has 0 aliphatic rings. The molecular weight excluding hydrogens is 190 g/mol. The van der Waals surface area contributed by atoms with Crippen LogP contribution in [0, 0.1) is 0 Å². The molecule has 0 saturated carbocycles. The third kappa shape index (κ3) is 2.24. The van der Waals surface area contributed by atoms with Gasteiger partial charge in [-0.3, -0.25) is 0 Å². The molecule has 1 aromatic rings. The van der Waals surface area contributed by atoms with E-state index in [0.29, 0.717) is 0 Å². The summed E-state index contributed by atoms with van der Waals surface area (Å²) in [6.07, 6.45) is 0. The van der Waals surface area contributed by atoms with Crippen LogP contribution in [0.4, 0.5) is 4.39 Å². The SMILES string of the molecule is Oc1ccc(C(F)(Cl)Cl)cc1. The summed E-state index contributed by atoms with van der Waals surface area (Å²) in [7, 11) is 0. The number of rotatable bonds is 1. The lowest BCUT2D eigenvalue weighted by atomic mass is 10.2.